The Morgan fingerprint density at radius 3 is 2.53 bits per heavy atom. The molecule has 170 valence electrons. The zero-order valence-electron chi connectivity index (χ0n) is 19.1. The number of fused-ring (bicyclic) bond motifs is 1. The summed E-state index contributed by atoms with van der Waals surface area (Å²) < 4.78 is 3.08. The van der Waals surface area contributed by atoms with Crippen LogP contribution in [0.25, 0.3) is 16.0 Å². The van der Waals surface area contributed by atoms with Crippen LogP contribution in [-0.2, 0) is 4.79 Å². The fraction of sp³-hybridized carbons (Fsp3) is 0.560. The van der Waals surface area contributed by atoms with Gasteiger partial charge in [-0.15, -0.1) is 0 Å². The van der Waals surface area contributed by atoms with Crippen LogP contribution in [0.15, 0.2) is 24.3 Å². The zero-order chi connectivity index (χ0) is 22.1. The molecule has 2 aromatic heterocycles. The van der Waals surface area contributed by atoms with Gasteiger partial charge in [-0.3, -0.25) is 4.79 Å². The molecule has 0 unspecified atom stereocenters. The van der Waals surface area contributed by atoms with Crippen LogP contribution in [0, 0.1) is 19.8 Å². The molecule has 2 aliphatic rings. The molecule has 3 aromatic rings. The number of piperidine rings is 1. The molecule has 1 amide bonds. The predicted octanol–water partition coefficient (Wildman–Crippen LogP) is 5.15. The van der Waals surface area contributed by atoms with Crippen LogP contribution < -0.4 is 10.2 Å². The first-order valence-corrected chi connectivity index (χ1v) is 12.9. The molecule has 0 spiro atoms. The van der Waals surface area contributed by atoms with Gasteiger partial charge < -0.3 is 10.2 Å². The van der Waals surface area contributed by atoms with Crippen LogP contribution in [0.3, 0.4) is 0 Å². The quantitative estimate of drug-likeness (QED) is 0.557. The average Bonchev–Trinajstić information content (AvgIpc) is 3.26. The highest BCUT2D eigenvalue weighted by molar-refractivity contribution is 7.22. The van der Waals surface area contributed by atoms with Crippen LogP contribution >= 0.6 is 11.3 Å². The fourth-order valence-electron chi connectivity index (χ4n) is 5.03. The molecule has 0 radical (unpaired) electrons. The van der Waals surface area contributed by atoms with E-state index in [1.165, 1.54) is 31.2 Å². The number of aromatic nitrogens is 3. The highest BCUT2D eigenvalue weighted by atomic mass is 32.1. The van der Waals surface area contributed by atoms with Gasteiger partial charge >= 0.3 is 0 Å². The minimum Gasteiger partial charge on any atom is -0.353 e. The Balaban J connectivity index is 1.33. The SMILES string of the molecule is Cc1ccc(-n2nc(C)c3sc(N4CCC[C@H](C(=O)NC5CCCCCC5)C4)nc32)cc1. The lowest BCUT2D eigenvalue weighted by Gasteiger charge is -2.32. The highest BCUT2D eigenvalue weighted by Crippen LogP contribution is 2.34. The molecule has 1 atom stereocenters. The van der Waals surface area contributed by atoms with Crippen molar-refractivity contribution in [1.29, 1.82) is 0 Å². The lowest BCUT2D eigenvalue weighted by molar-refractivity contribution is -0.126. The molecule has 1 saturated carbocycles. The Bertz CT molecular complexity index is 1080. The molecule has 1 aliphatic carbocycles. The first-order chi connectivity index (χ1) is 15.6. The lowest BCUT2D eigenvalue weighted by atomic mass is 9.96. The largest absolute Gasteiger partial charge is 0.353 e. The Hall–Kier alpha value is -2.41. The molecular weight excluding hydrogens is 418 g/mol. The summed E-state index contributed by atoms with van der Waals surface area (Å²) >= 11 is 1.70. The molecular formula is C25H33N5OS. The minimum absolute atomic E-state index is 0.0497. The average molecular weight is 452 g/mol. The van der Waals surface area contributed by atoms with Gasteiger partial charge in [0.2, 0.25) is 5.91 Å². The van der Waals surface area contributed by atoms with Gasteiger partial charge in [-0.2, -0.15) is 10.1 Å². The number of nitrogens with one attached hydrogen (secondary N) is 1. The maximum absolute atomic E-state index is 13.0. The summed E-state index contributed by atoms with van der Waals surface area (Å²) in [6.45, 7) is 5.85. The molecule has 1 N–H and O–H groups in total. The number of carbonyl (C=O) groups is 1. The second-order valence-electron chi connectivity index (χ2n) is 9.46. The van der Waals surface area contributed by atoms with E-state index in [-0.39, 0.29) is 11.8 Å². The van der Waals surface area contributed by atoms with Crippen LogP contribution in [0.4, 0.5) is 5.13 Å². The number of thiazole rings is 1. The number of hydrogen-bond acceptors (Lipinski definition) is 5. The third kappa shape index (κ3) is 4.40. The summed E-state index contributed by atoms with van der Waals surface area (Å²) in [7, 11) is 0. The van der Waals surface area contributed by atoms with Gasteiger partial charge in [0, 0.05) is 19.1 Å². The third-order valence-corrected chi connectivity index (χ3v) is 8.13. The number of anilines is 1. The molecule has 1 aromatic carbocycles. The number of benzene rings is 1. The molecule has 1 saturated heterocycles. The lowest BCUT2D eigenvalue weighted by Crippen LogP contribution is -2.46. The number of hydrogen-bond donors (Lipinski definition) is 1. The molecule has 6 nitrogen and oxygen atoms in total. The topological polar surface area (TPSA) is 63.1 Å². The van der Waals surface area contributed by atoms with E-state index in [4.69, 9.17) is 10.1 Å². The molecule has 5 rings (SSSR count). The number of amides is 1. The normalized spacial score (nSPS) is 20.4. The van der Waals surface area contributed by atoms with Crippen LogP contribution in [0.2, 0.25) is 0 Å². The maximum atomic E-state index is 13.0. The number of aryl methyl sites for hydroxylation is 2. The van der Waals surface area contributed by atoms with Crippen molar-refractivity contribution in [1.82, 2.24) is 20.1 Å². The zero-order valence-corrected chi connectivity index (χ0v) is 20.0. The van der Waals surface area contributed by atoms with E-state index in [0.717, 1.165) is 65.6 Å². The van der Waals surface area contributed by atoms with Gasteiger partial charge in [0.05, 0.1) is 22.0 Å². The first-order valence-electron chi connectivity index (χ1n) is 12.1. The van der Waals surface area contributed by atoms with Crippen LogP contribution in [-0.4, -0.2) is 39.8 Å². The molecule has 32 heavy (non-hydrogen) atoms. The van der Waals surface area contributed by atoms with Crippen molar-refractivity contribution in [2.45, 2.75) is 71.3 Å². The summed E-state index contributed by atoms with van der Waals surface area (Å²) in [5.74, 6) is 0.290. The van der Waals surface area contributed by atoms with E-state index >= 15 is 0 Å². The Morgan fingerprint density at radius 2 is 1.78 bits per heavy atom. The van der Waals surface area contributed by atoms with Gasteiger partial charge in [0.1, 0.15) is 0 Å². The smallest absolute Gasteiger partial charge is 0.225 e. The number of nitrogens with zero attached hydrogens (tertiary/aromatic N) is 4. The van der Waals surface area contributed by atoms with Crippen molar-refractivity contribution < 1.29 is 4.79 Å². The van der Waals surface area contributed by atoms with Crippen molar-refractivity contribution in [2.24, 2.45) is 5.92 Å². The van der Waals surface area contributed by atoms with Crippen molar-refractivity contribution in [3.63, 3.8) is 0 Å². The summed E-state index contributed by atoms with van der Waals surface area (Å²) in [5, 5.41) is 9.11. The van der Waals surface area contributed by atoms with Crippen molar-refractivity contribution in [2.75, 3.05) is 18.0 Å². The molecule has 3 heterocycles. The minimum atomic E-state index is 0.0497. The fourth-order valence-corrected chi connectivity index (χ4v) is 6.05. The Morgan fingerprint density at radius 1 is 1.03 bits per heavy atom. The summed E-state index contributed by atoms with van der Waals surface area (Å²) in [5.41, 5.74) is 4.18. The maximum Gasteiger partial charge on any atom is 0.225 e. The Labute approximate surface area is 194 Å². The second kappa shape index (κ2) is 9.22. The van der Waals surface area contributed by atoms with E-state index < -0.39 is 0 Å². The Kier molecular flexibility index (Phi) is 6.17. The van der Waals surface area contributed by atoms with Crippen molar-refractivity contribution in [3.8, 4) is 5.69 Å². The molecule has 2 fully saturated rings. The van der Waals surface area contributed by atoms with Crippen molar-refractivity contribution >= 4 is 32.7 Å². The van der Waals surface area contributed by atoms with Gasteiger partial charge in [0.25, 0.3) is 0 Å². The predicted molar refractivity (Wildman–Crippen MR) is 131 cm³/mol. The molecule has 7 heteroatoms. The van der Waals surface area contributed by atoms with Crippen molar-refractivity contribution in [3.05, 3.63) is 35.5 Å². The van der Waals surface area contributed by atoms with Gasteiger partial charge in [-0.25, -0.2) is 4.68 Å². The molecule has 1 aliphatic heterocycles. The van der Waals surface area contributed by atoms with Gasteiger partial charge in [-0.05, 0) is 51.7 Å². The van der Waals surface area contributed by atoms with Gasteiger partial charge in [0.15, 0.2) is 10.8 Å². The molecule has 0 bridgehead atoms. The third-order valence-electron chi connectivity index (χ3n) is 6.92. The van der Waals surface area contributed by atoms with E-state index in [1.54, 1.807) is 11.3 Å². The standard InChI is InChI=1S/C25H33N5OS/c1-17-11-13-21(14-12-17)30-23-22(18(2)28-30)32-25(27-23)29-15-7-8-19(16-29)24(31)26-20-9-5-3-4-6-10-20/h11-14,19-20H,3-10,15-16H2,1-2H3,(H,26,31)/t19-/m0/s1. The summed E-state index contributed by atoms with van der Waals surface area (Å²) in [6.07, 6.45) is 9.36. The number of rotatable bonds is 4. The number of carbonyl (C=O) groups excluding carboxylic acids is 1. The van der Waals surface area contributed by atoms with E-state index in [2.05, 4.69) is 41.4 Å². The second-order valence-corrected chi connectivity index (χ2v) is 10.4. The van der Waals surface area contributed by atoms with E-state index in [0.29, 0.717) is 6.04 Å². The van der Waals surface area contributed by atoms with E-state index in [1.807, 2.05) is 11.6 Å². The van der Waals surface area contributed by atoms with Crippen LogP contribution in [0.5, 0.6) is 0 Å². The summed E-state index contributed by atoms with van der Waals surface area (Å²) in [4.78, 5) is 20.3. The monoisotopic (exact) mass is 451 g/mol. The van der Waals surface area contributed by atoms with E-state index in [9.17, 15) is 4.79 Å². The first kappa shape index (κ1) is 21.4. The highest BCUT2D eigenvalue weighted by Gasteiger charge is 2.29. The van der Waals surface area contributed by atoms with Gasteiger partial charge in [-0.1, -0.05) is 54.7 Å². The van der Waals surface area contributed by atoms with Crippen LogP contribution in [0.1, 0.15) is 62.6 Å². The summed E-state index contributed by atoms with van der Waals surface area (Å²) in [6, 6.07) is 8.76.